The van der Waals surface area contributed by atoms with Crippen molar-refractivity contribution in [3.05, 3.63) is 90.9 Å². The van der Waals surface area contributed by atoms with E-state index in [2.05, 4.69) is 15.3 Å². The number of benzene rings is 2. The van der Waals surface area contributed by atoms with Crippen LogP contribution in [0.25, 0.3) is 0 Å². The van der Waals surface area contributed by atoms with Gasteiger partial charge in [0.15, 0.2) is 22.4 Å². The molecule has 0 amide bonds. The van der Waals surface area contributed by atoms with Crippen molar-refractivity contribution in [2.75, 3.05) is 11.9 Å². The molecule has 1 aliphatic carbocycles. The second-order valence-electron chi connectivity index (χ2n) is 8.73. The minimum atomic E-state index is -0.649. The van der Waals surface area contributed by atoms with Crippen molar-refractivity contribution in [2.24, 2.45) is 0 Å². The first-order chi connectivity index (χ1) is 17.9. The molecule has 0 fully saturated rings. The van der Waals surface area contributed by atoms with E-state index in [1.54, 1.807) is 24.3 Å². The fourth-order valence-electron chi connectivity index (χ4n) is 4.69. The Labute approximate surface area is 215 Å². The topological polar surface area (TPSA) is 147 Å². The molecule has 2 aromatic carbocycles. The lowest BCUT2D eigenvalue weighted by Crippen LogP contribution is -2.32. The summed E-state index contributed by atoms with van der Waals surface area (Å²) in [5.74, 6) is 0.430. The lowest BCUT2D eigenvalue weighted by Gasteiger charge is -2.33. The minimum absolute atomic E-state index is 0.0112. The number of thioether (sulfide) groups is 1. The molecule has 1 atom stereocenters. The number of hydrogen-bond acceptors (Lipinski definition) is 9. The summed E-state index contributed by atoms with van der Waals surface area (Å²) in [6.45, 7) is 2.16. The number of nitro benzene ring substituents is 1. The molecular formula is C26H24N4O6S. The van der Waals surface area contributed by atoms with Crippen molar-refractivity contribution >= 4 is 29.1 Å². The molecule has 10 nitrogen and oxygen atoms in total. The maximum Gasteiger partial charge on any atom is 0.269 e. The van der Waals surface area contributed by atoms with E-state index in [1.165, 1.54) is 30.0 Å². The lowest BCUT2D eigenvalue weighted by molar-refractivity contribution is -0.384. The number of fused-ring (bicyclic) bond motifs is 1. The van der Waals surface area contributed by atoms with Crippen LogP contribution in [0.1, 0.15) is 48.8 Å². The van der Waals surface area contributed by atoms with Gasteiger partial charge in [0.1, 0.15) is 5.82 Å². The molecule has 1 aliphatic heterocycles. The number of nitro groups is 1. The molecule has 190 valence electrons. The molecule has 0 saturated carbocycles. The number of rotatable bonds is 7. The van der Waals surface area contributed by atoms with Gasteiger partial charge in [0.2, 0.25) is 0 Å². The zero-order valence-electron chi connectivity index (χ0n) is 19.9. The Kier molecular flexibility index (Phi) is 6.70. The maximum absolute atomic E-state index is 13.4. The highest BCUT2D eigenvalue weighted by atomic mass is 32.2. The quantitative estimate of drug-likeness (QED) is 0.175. The number of carbonyl (C=O) groups is 1. The van der Waals surface area contributed by atoms with Crippen molar-refractivity contribution < 1.29 is 19.6 Å². The van der Waals surface area contributed by atoms with Crippen LogP contribution in [0.3, 0.4) is 0 Å². The Morgan fingerprint density at radius 2 is 1.97 bits per heavy atom. The van der Waals surface area contributed by atoms with Crippen LogP contribution in [0.5, 0.6) is 11.5 Å². The van der Waals surface area contributed by atoms with Gasteiger partial charge in [0, 0.05) is 41.5 Å². The van der Waals surface area contributed by atoms with E-state index < -0.39 is 10.8 Å². The number of non-ortho nitro benzene ring substituents is 1. The molecule has 5 rings (SSSR count). The Morgan fingerprint density at radius 1 is 1.19 bits per heavy atom. The Bertz CT molecular complexity index is 1480. The monoisotopic (exact) mass is 520 g/mol. The number of Topliss-reactive ketones (excluding diaryl/α,β-unsaturated/α-hetero) is 1. The van der Waals surface area contributed by atoms with Crippen LogP contribution in [0.15, 0.2) is 63.7 Å². The lowest BCUT2D eigenvalue weighted by atomic mass is 9.76. The van der Waals surface area contributed by atoms with E-state index in [-0.39, 0.29) is 28.5 Å². The third-order valence-electron chi connectivity index (χ3n) is 6.38. The summed E-state index contributed by atoms with van der Waals surface area (Å²) in [5.41, 5.74) is 2.78. The maximum atomic E-state index is 13.4. The highest BCUT2D eigenvalue weighted by molar-refractivity contribution is 7.98. The SMILES string of the molecule is CCOc1cc(C2C3=C(CCCC3=O)Nc3nc(SCc4ccc([N+](=O)[O-])cc4)[nH]c(=O)c32)ccc1O. The predicted octanol–water partition coefficient (Wildman–Crippen LogP) is 4.64. The number of allylic oxidation sites excluding steroid dienone is 2. The number of nitrogens with zero attached hydrogens (tertiary/aromatic N) is 2. The van der Waals surface area contributed by atoms with E-state index in [0.717, 1.165) is 11.3 Å². The van der Waals surface area contributed by atoms with Gasteiger partial charge in [-0.15, -0.1) is 0 Å². The van der Waals surface area contributed by atoms with Crippen molar-refractivity contribution in [1.82, 2.24) is 9.97 Å². The third-order valence-corrected chi connectivity index (χ3v) is 7.32. The smallest absolute Gasteiger partial charge is 0.269 e. The summed E-state index contributed by atoms with van der Waals surface area (Å²) in [5, 5.41) is 24.7. The Hall–Kier alpha value is -4.12. The first-order valence-corrected chi connectivity index (χ1v) is 12.8. The Morgan fingerprint density at radius 3 is 2.70 bits per heavy atom. The van der Waals surface area contributed by atoms with E-state index in [1.807, 2.05) is 6.92 Å². The van der Waals surface area contributed by atoms with Crippen LogP contribution in [0.4, 0.5) is 11.5 Å². The molecule has 1 unspecified atom stereocenters. The molecule has 0 spiro atoms. The van der Waals surface area contributed by atoms with Gasteiger partial charge in [-0.25, -0.2) is 4.98 Å². The largest absolute Gasteiger partial charge is 0.504 e. The zero-order chi connectivity index (χ0) is 26.1. The van der Waals surface area contributed by atoms with Gasteiger partial charge < -0.3 is 20.1 Å². The average Bonchev–Trinajstić information content (AvgIpc) is 2.88. The number of H-pyrrole nitrogens is 1. The van der Waals surface area contributed by atoms with Crippen LogP contribution < -0.4 is 15.6 Å². The highest BCUT2D eigenvalue weighted by Crippen LogP contribution is 2.45. The zero-order valence-corrected chi connectivity index (χ0v) is 20.8. The number of aromatic hydroxyl groups is 1. The first kappa shape index (κ1) is 24.6. The van der Waals surface area contributed by atoms with E-state index in [0.29, 0.717) is 59.3 Å². The van der Waals surface area contributed by atoms with Crippen LogP contribution in [-0.2, 0) is 10.5 Å². The van der Waals surface area contributed by atoms with Crippen LogP contribution in [0.2, 0.25) is 0 Å². The van der Waals surface area contributed by atoms with Crippen LogP contribution in [0, 0.1) is 10.1 Å². The van der Waals surface area contributed by atoms with Gasteiger partial charge in [-0.3, -0.25) is 19.7 Å². The molecule has 0 bridgehead atoms. The van der Waals surface area contributed by atoms with Crippen molar-refractivity contribution in [3.63, 3.8) is 0 Å². The molecule has 1 aromatic heterocycles. The molecule has 2 heterocycles. The average molecular weight is 521 g/mol. The number of carbonyl (C=O) groups excluding carboxylic acids is 1. The summed E-state index contributed by atoms with van der Waals surface area (Å²) in [4.78, 5) is 44.4. The minimum Gasteiger partial charge on any atom is -0.504 e. The molecular weight excluding hydrogens is 496 g/mol. The van der Waals surface area contributed by atoms with Gasteiger partial charge in [-0.05, 0) is 43.0 Å². The third kappa shape index (κ3) is 4.82. The number of aromatic amines is 1. The normalized spacial score (nSPS) is 16.6. The van der Waals surface area contributed by atoms with E-state index in [4.69, 9.17) is 4.74 Å². The van der Waals surface area contributed by atoms with Gasteiger partial charge in [-0.2, -0.15) is 0 Å². The number of anilines is 1. The van der Waals surface area contributed by atoms with Gasteiger partial charge in [0.05, 0.1) is 17.1 Å². The summed E-state index contributed by atoms with van der Waals surface area (Å²) < 4.78 is 5.55. The number of phenolic OH excluding ortho intramolecular Hbond substituents is 1. The van der Waals surface area contributed by atoms with E-state index in [9.17, 15) is 24.8 Å². The molecule has 3 N–H and O–H groups in total. The molecule has 3 aromatic rings. The van der Waals surface area contributed by atoms with Crippen molar-refractivity contribution in [3.8, 4) is 11.5 Å². The molecule has 2 aliphatic rings. The van der Waals surface area contributed by atoms with Crippen molar-refractivity contribution in [1.29, 1.82) is 0 Å². The standard InChI is InChI=1S/C26H24N4O6S/c1-2-36-20-12-15(8-11-18(20)31)21-22-17(4-3-5-19(22)32)27-24-23(21)25(33)29-26(28-24)37-13-14-6-9-16(10-7-14)30(34)35/h6-12,21,31H,2-5,13H2,1H3,(H2,27,28,29,33). The van der Waals surface area contributed by atoms with E-state index >= 15 is 0 Å². The summed E-state index contributed by atoms with van der Waals surface area (Å²) in [7, 11) is 0. The summed E-state index contributed by atoms with van der Waals surface area (Å²) in [6.07, 6.45) is 1.77. The number of aromatic nitrogens is 2. The number of ether oxygens (including phenoxy) is 1. The second kappa shape index (κ2) is 10.1. The Balaban J connectivity index is 1.52. The molecule has 0 radical (unpaired) electrons. The fourth-order valence-corrected chi connectivity index (χ4v) is 5.51. The van der Waals surface area contributed by atoms with Gasteiger partial charge in [-0.1, -0.05) is 30.0 Å². The number of nitrogens with one attached hydrogen (secondary N) is 2. The molecule has 11 heteroatoms. The van der Waals surface area contributed by atoms with Gasteiger partial charge in [0.25, 0.3) is 11.2 Å². The second-order valence-corrected chi connectivity index (χ2v) is 9.70. The fraction of sp³-hybridized carbons (Fsp3) is 0.269. The van der Waals surface area contributed by atoms with Crippen LogP contribution >= 0.6 is 11.8 Å². The van der Waals surface area contributed by atoms with Crippen LogP contribution in [-0.4, -0.2) is 32.4 Å². The first-order valence-electron chi connectivity index (χ1n) is 11.8. The number of phenols is 1. The number of ketones is 1. The summed E-state index contributed by atoms with van der Waals surface area (Å²) >= 11 is 1.30. The predicted molar refractivity (Wildman–Crippen MR) is 138 cm³/mol. The molecule has 37 heavy (non-hydrogen) atoms. The molecule has 0 saturated heterocycles. The van der Waals surface area contributed by atoms with Crippen molar-refractivity contribution in [2.45, 2.75) is 43.0 Å². The highest BCUT2D eigenvalue weighted by Gasteiger charge is 2.38. The van der Waals surface area contributed by atoms with Gasteiger partial charge >= 0.3 is 0 Å². The number of hydrogen-bond donors (Lipinski definition) is 3. The summed E-state index contributed by atoms with van der Waals surface area (Å²) in [6, 6.07) is 11.1.